The highest BCUT2D eigenvalue weighted by atomic mass is 32.2. The maximum Gasteiger partial charge on any atom is 0.281 e. The lowest BCUT2D eigenvalue weighted by molar-refractivity contribution is 0.311. The van der Waals surface area contributed by atoms with Gasteiger partial charge in [-0.3, -0.25) is 0 Å². The van der Waals surface area contributed by atoms with Gasteiger partial charge in [-0.1, -0.05) is 19.8 Å². The number of nitrogens with two attached hydrogens (primary N) is 1. The normalized spacial score (nSPS) is 12.9. The van der Waals surface area contributed by atoms with Gasteiger partial charge in [-0.2, -0.15) is 17.0 Å². The molecule has 0 saturated heterocycles. The van der Waals surface area contributed by atoms with Crippen molar-refractivity contribution in [3.05, 3.63) is 0 Å². The Kier molecular flexibility index (Phi) is 8.77. The Morgan fingerprint density at radius 2 is 1.72 bits per heavy atom. The Bertz CT molecular complexity index is 304. The molecule has 0 rings (SSSR count). The van der Waals surface area contributed by atoms with Crippen molar-refractivity contribution in [1.29, 1.82) is 0 Å². The molecule has 6 heteroatoms. The fraction of sp³-hybridized carbons (Fsp3) is 1.00. The summed E-state index contributed by atoms with van der Waals surface area (Å²) in [4.78, 5) is 0. The molecule has 5 nitrogen and oxygen atoms in total. The highest BCUT2D eigenvalue weighted by Gasteiger charge is 2.28. The Labute approximate surface area is 113 Å². The molecule has 0 radical (unpaired) electrons. The first kappa shape index (κ1) is 17.8. The minimum absolute atomic E-state index is 0.00724. The van der Waals surface area contributed by atoms with Crippen molar-refractivity contribution in [2.75, 3.05) is 26.7 Å². The number of hydrogen-bond donors (Lipinski definition) is 1. The maximum atomic E-state index is 12.4. The predicted octanol–water partition coefficient (Wildman–Crippen LogP) is 1.41. The van der Waals surface area contributed by atoms with Crippen molar-refractivity contribution in [2.24, 2.45) is 5.73 Å². The van der Waals surface area contributed by atoms with E-state index in [2.05, 4.69) is 6.92 Å². The average molecular weight is 279 g/mol. The fourth-order valence-electron chi connectivity index (χ4n) is 1.77. The van der Waals surface area contributed by atoms with E-state index in [0.717, 1.165) is 19.3 Å². The number of hydrogen-bond acceptors (Lipinski definition) is 3. The van der Waals surface area contributed by atoms with Crippen molar-refractivity contribution >= 4 is 10.2 Å². The second kappa shape index (κ2) is 8.85. The summed E-state index contributed by atoms with van der Waals surface area (Å²) in [7, 11) is -1.72. The molecule has 110 valence electrons. The first-order valence-corrected chi connectivity index (χ1v) is 8.20. The average Bonchev–Trinajstić information content (AvgIpc) is 2.30. The first-order chi connectivity index (χ1) is 8.37. The molecule has 0 saturated carbocycles. The van der Waals surface area contributed by atoms with Crippen LogP contribution in [0.1, 0.15) is 46.5 Å². The van der Waals surface area contributed by atoms with Crippen LogP contribution < -0.4 is 5.73 Å². The van der Waals surface area contributed by atoms with E-state index < -0.39 is 10.2 Å². The van der Waals surface area contributed by atoms with E-state index in [1.165, 1.54) is 4.31 Å². The summed E-state index contributed by atoms with van der Waals surface area (Å²) in [5.41, 5.74) is 5.42. The summed E-state index contributed by atoms with van der Waals surface area (Å²) >= 11 is 0. The van der Waals surface area contributed by atoms with E-state index >= 15 is 0 Å². The van der Waals surface area contributed by atoms with Crippen molar-refractivity contribution in [2.45, 2.75) is 52.5 Å². The van der Waals surface area contributed by atoms with E-state index in [1.807, 2.05) is 13.8 Å². The molecule has 0 atom stereocenters. The van der Waals surface area contributed by atoms with Gasteiger partial charge in [0.25, 0.3) is 10.2 Å². The summed E-state index contributed by atoms with van der Waals surface area (Å²) < 4.78 is 27.8. The Balaban J connectivity index is 4.65. The van der Waals surface area contributed by atoms with Crippen LogP contribution in [-0.2, 0) is 10.2 Å². The SMILES string of the molecule is CCCCCN(C(C)C)S(=O)(=O)N(C)CCCN. The molecule has 0 heterocycles. The third kappa shape index (κ3) is 5.65. The van der Waals surface area contributed by atoms with E-state index in [0.29, 0.717) is 26.1 Å². The van der Waals surface area contributed by atoms with Gasteiger partial charge >= 0.3 is 0 Å². The van der Waals surface area contributed by atoms with Gasteiger partial charge in [-0.25, -0.2) is 0 Å². The topological polar surface area (TPSA) is 66.6 Å². The van der Waals surface area contributed by atoms with Gasteiger partial charge < -0.3 is 5.73 Å². The van der Waals surface area contributed by atoms with Crippen LogP contribution >= 0.6 is 0 Å². The lowest BCUT2D eigenvalue weighted by Crippen LogP contribution is -2.46. The van der Waals surface area contributed by atoms with Crippen LogP contribution in [0.2, 0.25) is 0 Å². The predicted molar refractivity (Wildman–Crippen MR) is 76.6 cm³/mol. The standard InChI is InChI=1S/C12H29N3O2S/c1-5-6-7-11-15(12(2)3)18(16,17)14(4)10-8-9-13/h12H,5-11,13H2,1-4H3. The summed E-state index contributed by atoms with van der Waals surface area (Å²) in [5, 5.41) is 0. The maximum absolute atomic E-state index is 12.4. The zero-order chi connectivity index (χ0) is 14.2. The molecule has 0 aliphatic carbocycles. The number of unbranched alkanes of at least 4 members (excludes halogenated alkanes) is 2. The van der Waals surface area contributed by atoms with Gasteiger partial charge in [-0.05, 0) is 33.2 Å². The molecule has 18 heavy (non-hydrogen) atoms. The van der Waals surface area contributed by atoms with Gasteiger partial charge in [0.2, 0.25) is 0 Å². The molecule has 0 aliphatic heterocycles. The van der Waals surface area contributed by atoms with Crippen LogP contribution in [-0.4, -0.2) is 49.8 Å². The largest absolute Gasteiger partial charge is 0.330 e. The van der Waals surface area contributed by atoms with Gasteiger partial charge in [0.1, 0.15) is 0 Å². The van der Waals surface area contributed by atoms with E-state index in [-0.39, 0.29) is 6.04 Å². The molecular weight excluding hydrogens is 250 g/mol. The highest BCUT2D eigenvalue weighted by molar-refractivity contribution is 7.86. The molecule has 0 aromatic carbocycles. The third-order valence-corrected chi connectivity index (χ3v) is 5.09. The number of nitrogens with zero attached hydrogens (tertiary/aromatic N) is 2. The lowest BCUT2D eigenvalue weighted by atomic mass is 10.2. The van der Waals surface area contributed by atoms with Crippen LogP contribution in [0, 0.1) is 0 Å². The van der Waals surface area contributed by atoms with Gasteiger partial charge in [0.05, 0.1) is 0 Å². The summed E-state index contributed by atoms with van der Waals surface area (Å²) in [5.74, 6) is 0. The minimum Gasteiger partial charge on any atom is -0.330 e. The molecule has 0 aromatic rings. The van der Waals surface area contributed by atoms with Gasteiger partial charge in [0, 0.05) is 26.2 Å². The highest BCUT2D eigenvalue weighted by Crippen LogP contribution is 2.13. The molecule has 0 fully saturated rings. The van der Waals surface area contributed by atoms with Gasteiger partial charge in [-0.15, -0.1) is 0 Å². The van der Waals surface area contributed by atoms with Crippen molar-refractivity contribution in [3.63, 3.8) is 0 Å². The van der Waals surface area contributed by atoms with Crippen LogP contribution in [0.3, 0.4) is 0 Å². The van der Waals surface area contributed by atoms with Crippen LogP contribution in [0.4, 0.5) is 0 Å². The summed E-state index contributed by atoms with van der Waals surface area (Å²) in [6.07, 6.45) is 3.76. The summed E-state index contributed by atoms with van der Waals surface area (Å²) in [6, 6.07) is -0.00724. The lowest BCUT2D eigenvalue weighted by Gasteiger charge is -2.30. The monoisotopic (exact) mass is 279 g/mol. The molecule has 2 N–H and O–H groups in total. The van der Waals surface area contributed by atoms with Gasteiger partial charge in [0.15, 0.2) is 0 Å². The van der Waals surface area contributed by atoms with E-state index in [9.17, 15) is 8.42 Å². The molecule has 0 aromatic heterocycles. The molecule has 0 unspecified atom stereocenters. The Hall–Kier alpha value is -0.170. The second-order valence-electron chi connectivity index (χ2n) is 4.88. The zero-order valence-corrected chi connectivity index (χ0v) is 13.0. The van der Waals surface area contributed by atoms with E-state index in [4.69, 9.17) is 5.73 Å². The molecular formula is C12H29N3O2S. The third-order valence-electron chi connectivity index (χ3n) is 2.93. The van der Waals surface area contributed by atoms with Crippen LogP contribution in [0.15, 0.2) is 0 Å². The van der Waals surface area contributed by atoms with Crippen molar-refractivity contribution < 1.29 is 8.42 Å². The van der Waals surface area contributed by atoms with E-state index in [1.54, 1.807) is 11.4 Å². The number of rotatable bonds is 10. The Morgan fingerprint density at radius 1 is 1.11 bits per heavy atom. The zero-order valence-electron chi connectivity index (χ0n) is 12.2. The second-order valence-corrected chi connectivity index (χ2v) is 6.87. The van der Waals surface area contributed by atoms with Crippen LogP contribution in [0.5, 0.6) is 0 Å². The quantitative estimate of drug-likeness (QED) is 0.615. The van der Waals surface area contributed by atoms with Crippen molar-refractivity contribution in [1.82, 2.24) is 8.61 Å². The molecule has 0 amide bonds. The first-order valence-electron chi connectivity index (χ1n) is 6.81. The molecule has 0 bridgehead atoms. The molecule has 0 spiro atoms. The van der Waals surface area contributed by atoms with Crippen molar-refractivity contribution in [3.8, 4) is 0 Å². The fourth-order valence-corrected chi connectivity index (χ4v) is 3.38. The smallest absolute Gasteiger partial charge is 0.281 e. The summed E-state index contributed by atoms with van der Waals surface area (Å²) in [6.45, 7) is 7.54. The van der Waals surface area contributed by atoms with Crippen LogP contribution in [0.25, 0.3) is 0 Å². The Morgan fingerprint density at radius 3 is 2.17 bits per heavy atom. The minimum atomic E-state index is -3.34. The molecule has 0 aliphatic rings.